The predicted molar refractivity (Wildman–Crippen MR) is 88.1 cm³/mol. The minimum Gasteiger partial charge on any atom is -0.338 e. The maximum Gasteiger partial charge on any atom is 0.240 e. The number of benzene rings is 1. The SMILES string of the molecule is Cl.NCc1nc(CN2CCC(C(=O)c3cc(F)ccc3F)CC2)no1. The first-order valence-corrected chi connectivity index (χ1v) is 7.80. The van der Waals surface area contributed by atoms with E-state index in [9.17, 15) is 13.6 Å². The number of nitrogens with zero attached hydrogens (tertiary/aromatic N) is 3. The maximum atomic E-state index is 13.7. The first kappa shape index (κ1) is 19.4. The van der Waals surface area contributed by atoms with E-state index in [-0.39, 0.29) is 36.2 Å². The molecule has 0 amide bonds. The summed E-state index contributed by atoms with van der Waals surface area (Å²) in [6, 6.07) is 2.97. The van der Waals surface area contributed by atoms with E-state index in [4.69, 9.17) is 10.3 Å². The van der Waals surface area contributed by atoms with Gasteiger partial charge in [-0.3, -0.25) is 9.69 Å². The van der Waals surface area contributed by atoms with Crippen LogP contribution in [0, 0.1) is 17.6 Å². The summed E-state index contributed by atoms with van der Waals surface area (Å²) in [4.78, 5) is 18.6. The van der Waals surface area contributed by atoms with Gasteiger partial charge in [0.05, 0.1) is 18.7 Å². The van der Waals surface area contributed by atoms with Gasteiger partial charge in [0.25, 0.3) is 0 Å². The summed E-state index contributed by atoms with van der Waals surface area (Å²) in [7, 11) is 0. The lowest BCUT2D eigenvalue weighted by Crippen LogP contribution is -2.36. The number of ketones is 1. The third kappa shape index (κ3) is 4.59. The molecule has 0 atom stereocenters. The fraction of sp³-hybridized carbons (Fsp3) is 0.438. The Balaban J connectivity index is 0.00000225. The van der Waals surface area contributed by atoms with Gasteiger partial charge in [-0.15, -0.1) is 12.4 Å². The van der Waals surface area contributed by atoms with Crippen molar-refractivity contribution in [3.05, 3.63) is 47.1 Å². The number of carbonyl (C=O) groups is 1. The molecule has 2 N–H and O–H groups in total. The Labute approximate surface area is 149 Å². The largest absolute Gasteiger partial charge is 0.338 e. The lowest BCUT2D eigenvalue weighted by atomic mass is 9.88. The first-order chi connectivity index (χ1) is 11.6. The number of rotatable bonds is 5. The van der Waals surface area contributed by atoms with Crippen LogP contribution >= 0.6 is 12.4 Å². The molecule has 136 valence electrons. The second-order valence-corrected chi connectivity index (χ2v) is 5.85. The van der Waals surface area contributed by atoms with Gasteiger partial charge in [0.2, 0.25) is 5.89 Å². The van der Waals surface area contributed by atoms with Crippen LogP contribution in [0.25, 0.3) is 0 Å². The molecule has 0 bridgehead atoms. The van der Waals surface area contributed by atoms with Gasteiger partial charge in [0, 0.05) is 5.92 Å². The molecule has 0 radical (unpaired) electrons. The van der Waals surface area contributed by atoms with Crippen molar-refractivity contribution < 1.29 is 18.1 Å². The quantitative estimate of drug-likeness (QED) is 0.811. The Morgan fingerprint density at radius 1 is 1.32 bits per heavy atom. The number of Topliss-reactive ketones (excluding diaryl/α,β-unsaturated/α-hetero) is 1. The van der Waals surface area contributed by atoms with Crippen LogP contribution in [0.3, 0.4) is 0 Å². The van der Waals surface area contributed by atoms with Crippen molar-refractivity contribution in [3.8, 4) is 0 Å². The molecule has 0 saturated carbocycles. The second kappa shape index (κ2) is 8.46. The molecule has 2 aromatic rings. The van der Waals surface area contributed by atoms with Gasteiger partial charge in [-0.2, -0.15) is 4.98 Å². The number of hydrogen-bond donors (Lipinski definition) is 1. The summed E-state index contributed by atoms with van der Waals surface area (Å²) < 4.78 is 31.9. The average Bonchev–Trinajstić information content (AvgIpc) is 3.05. The molecule has 1 aliphatic rings. The molecular formula is C16H19ClF2N4O2. The van der Waals surface area contributed by atoms with E-state index in [1.807, 2.05) is 0 Å². The fourth-order valence-electron chi connectivity index (χ4n) is 2.90. The van der Waals surface area contributed by atoms with Crippen molar-refractivity contribution in [3.63, 3.8) is 0 Å². The Hall–Kier alpha value is -1.90. The van der Waals surface area contributed by atoms with Crippen molar-refractivity contribution in [2.24, 2.45) is 11.7 Å². The van der Waals surface area contributed by atoms with E-state index < -0.39 is 11.6 Å². The number of likely N-dealkylation sites (tertiary alicyclic amines) is 1. The van der Waals surface area contributed by atoms with Crippen LogP contribution in [0.2, 0.25) is 0 Å². The highest BCUT2D eigenvalue weighted by molar-refractivity contribution is 5.98. The van der Waals surface area contributed by atoms with Gasteiger partial charge in [-0.1, -0.05) is 5.16 Å². The minimum absolute atomic E-state index is 0. The van der Waals surface area contributed by atoms with Crippen LogP contribution in [0.4, 0.5) is 8.78 Å². The topological polar surface area (TPSA) is 85.2 Å². The van der Waals surface area contributed by atoms with Gasteiger partial charge in [-0.05, 0) is 44.1 Å². The van der Waals surface area contributed by atoms with E-state index in [1.165, 1.54) is 0 Å². The summed E-state index contributed by atoms with van der Waals surface area (Å²) in [6.07, 6.45) is 1.16. The zero-order chi connectivity index (χ0) is 17.1. The molecule has 1 aromatic heterocycles. The number of piperidine rings is 1. The number of hydrogen-bond acceptors (Lipinski definition) is 6. The number of carbonyl (C=O) groups excluding carboxylic acids is 1. The Bertz CT molecular complexity index is 733. The Kier molecular flexibility index (Phi) is 6.57. The smallest absolute Gasteiger partial charge is 0.240 e. The number of nitrogens with two attached hydrogens (primary N) is 1. The van der Waals surface area contributed by atoms with Crippen molar-refractivity contribution in [2.75, 3.05) is 13.1 Å². The molecular weight excluding hydrogens is 354 g/mol. The summed E-state index contributed by atoms with van der Waals surface area (Å²) >= 11 is 0. The second-order valence-electron chi connectivity index (χ2n) is 5.85. The van der Waals surface area contributed by atoms with Crippen LogP contribution < -0.4 is 5.73 Å². The standard InChI is InChI=1S/C16H18F2N4O2.ClH/c17-11-1-2-13(18)12(7-11)16(23)10-3-5-22(6-4-10)9-14-20-15(8-19)24-21-14;/h1-2,7,10H,3-6,8-9,19H2;1H. The molecule has 1 aliphatic heterocycles. The highest BCUT2D eigenvalue weighted by Crippen LogP contribution is 2.24. The molecule has 6 nitrogen and oxygen atoms in total. The van der Waals surface area contributed by atoms with Crippen LogP contribution in [0.1, 0.15) is 34.9 Å². The zero-order valence-electron chi connectivity index (χ0n) is 13.5. The molecule has 1 saturated heterocycles. The third-order valence-electron chi connectivity index (χ3n) is 4.20. The van der Waals surface area contributed by atoms with E-state index >= 15 is 0 Å². The van der Waals surface area contributed by atoms with E-state index in [2.05, 4.69) is 15.0 Å². The van der Waals surface area contributed by atoms with Crippen LogP contribution in [-0.2, 0) is 13.1 Å². The van der Waals surface area contributed by atoms with Crippen molar-refractivity contribution >= 4 is 18.2 Å². The van der Waals surface area contributed by atoms with Gasteiger partial charge >= 0.3 is 0 Å². The van der Waals surface area contributed by atoms with Crippen molar-refractivity contribution in [2.45, 2.75) is 25.9 Å². The Morgan fingerprint density at radius 3 is 2.68 bits per heavy atom. The lowest BCUT2D eigenvalue weighted by molar-refractivity contribution is 0.0827. The highest BCUT2D eigenvalue weighted by atomic mass is 35.5. The molecule has 1 aromatic carbocycles. The van der Waals surface area contributed by atoms with E-state index in [1.54, 1.807) is 0 Å². The van der Waals surface area contributed by atoms with Gasteiger partial charge in [0.15, 0.2) is 11.6 Å². The fourth-order valence-corrected chi connectivity index (χ4v) is 2.90. The molecule has 0 unspecified atom stereocenters. The highest BCUT2D eigenvalue weighted by Gasteiger charge is 2.28. The van der Waals surface area contributed by atoms with Gasteiger partial charge in [-0.25, -0.2) is 8.78 Å². The molecule has 3 rings (SSSR count). The Morgan fingerprint density at radius 2 is 2.04 bits per heavy atom. The predicted octanol–water partition coefficient (Wildman–Crippen LogP) is 2.32. The summed E-state index contributed by atoms with van der Waals surface area (Å²) in [5.41, 5.74) is 5.25. The molecule has 1 fully saturated rings. The number of aromatic nitrogens is 2. The summed E-state index contributed by atoms with van der Waals surface area (Å²) in [5, 5.41) is 3.84. The van der Waals surface area contributed by atoms with E-state index in [0.717, 1.165) is 18.2 Å². The molecule has 0 aliphatic carbocycles. The first-order valence-electron chi connectivity index (χ1n) is 7.80. The monoisotopic (exact) mass is 372 g/mol. The molecule has 25 heavy (non-hydrogen) atoms. The van der Waals surface area contributed by atoms with Crippen LogP contribution in [0.15, 0.2) is 22.7 Å². The zero-order valence-corrected chi connectivity index (χ0v) is 14.3. The van der Waals surface area contributed by atoms with E-state index in [0.29, 0.717) is 44.2 Å². The summed E-state index contributed by atoms with van der Waals surface area (Å²) in [5.74, 6) is -0.984. The molecule has 0 spiro atoms. The van der Waals surface area contributed by atoms with Gasteiger partial charge < -0.3 is 10.3 Å². The van der Waals surface area contributed by atoms with Gasteiger partial charge in [0.1, 0.15) is 11.6 Å². The average molecular weight is 373 g/mol. The maximum absolute atomic E-state index is 13.7. The van der Waals surface area contributed by atoms with Crippen molar-refractivity contribution in [1.82, 2.24) is 15.0 Å². The van der Waals surface area contributed by atoms with Crippen molar-refractivity contribution in [1.29, 1.82) is 0 Å². The molecule has 9 heteroatoms. The number of halogens is 3. The lowest BCUT2D eigenvalue weighted by Gasteiger charge is -2.30. The normalized spacial score (nSPS) is 15.8. The summed E-state index contributed by atoms with van der Waals surface area (Å²) in [6.45, 7) is 2.02. The third-order valence-corrected chi connectivity index (χ3v) is 4.20. The molecule has 2 heterocycles. The minimum atomic E-state index is -0.676. The van der Waals surface area contributed by atoms with Crippen LogP contribution in [0.5, 0.6) is 0 Å². The van der Waals surface area contributed by atoms with Crippen LogP contribution in [-0.4, -0.2) is 33.9 Å².